The molecule has 0 radical (unpaired) electrons. The quantitative estimate of drug-likeness (QED) is 0.888. The van der Waals surface area contributed by atoms with Gasteiger partial charge < -0.3 is 15.0 Å². The second kappa shape index (κ2) is 5.90. The Morgan fingerprint density at radius 3 is 2.79 bits per heavy atom. The van der Waals surface area contributed by atoms with Crippen LogP contribution in [-0.4, -0.2) is 28.5 Å². The Balaban J connectivity index is 2.46. The van der Waals surface area contributed by atoms with Crippen LogP contribution in [0.2, 0.25) is 0 Å². The highest BCUT2D eigenvalue weighted by molar-refractivity contribution is 5.60. The van der Waals surface area contributed by atoms with Crippen molar-refractivity contribution in [3.8, 4) is 11.4 Å². The molecule has 0 saturated heterocycles. The second-order valence-electron chi connectivity index (χ2n) is 4.25. The second-order valence-corrected chi connectivity index (χ2v) is 4.25. The highest BCUT2D eigenvalue weighted by Gasteiger charge is 2.14. The van der Waals surface area contributed by atoms with Crippen molar-refractivity contribution >= 4 is 0 Å². The van der Waals surface area contributed by atoms with Crippen LogP contribution < -0.4 is 5.73 Å². The van der Waals surface area contributed by atoms with Gasteiger partial charge in [-0.15, -0.1) is 10.2 Å². The topological polar surface area (TPSA) is 66.0 Å². The number of ether oxygens (including phenoxy) is 1. The summed E-state index contributed by atoms with van der Waals surface area (Å²) >= 11 is 0. The minimum Gasteiger partial charge on any atom is -0.383 e. The molecule has 2 N–H and O–H groups in total. The number of hydrogen-bond acceptors (Lipinski definition) is 4. The first kappa shape index (κ1) is 13.6. The molecule has 2 aromatic rings. The normalized spacial score (nSPS) is 10.9. The van der Waals surface area contributed by atoms with E-state index in [0.29, 0.717) is 31.3 Å². The summed E-state index contributed by atoms with van der Waals surface area (Å²) in [6.07, 6.45) is 0. The largest absolute Gasteiger partial charge is 0.383 e. The number of aryl methyl sites for hydroxylation is 1. The van der Waals surface area contributed by atoms with Gasteiger partial charge in [-0.3, -0.25) is 0 Å². The molecule has 19 heavy (non-hydrogen) atoms. The molecule has 1 aromatic carbocycles. The highest BCUT2D eigenvalue weighted by atomic mass is 19.1. The summed E-state index contributed by atoms with van der Waals surface area (Å²) in [4.78, 5) is 0. The molecule has 0 saturated carbocycles. The van der Waals surface area contributed by atoms with Gasteiger partial charge in [0.1, 0.15) is 11.6 Å². The third-order valence-electron chi connectivity index (χ3n) is 2.96. The van der Waals surface area contributed by atoms with Gasteiger partial charge in [0.15, 0.2) is 5.82 Å². The summed E-state index contributed by atoms with van der Waals surface area (Å²) in [5.41, 5.74) is 7.32. The van der Waals surface area contributed by atoms with Gasteiger partial charge in [0.05, 0.1) is 13.2 Å². The molecule has 1 aromatic heterocycles. The lowest BCUT2D eigenvalue weighted by Gasteiger charge is -2.10. The first-order valence-electron chi connectivity index (χ1n) is 6.05. The Labute approximate surface area is 111 Å². The van der Waals surface area contributed by atoms with Crippen LogP contribution >= 0.6 is 0 Å². The third kappa shape index (κ3) is 2.80. The molecule has 6 heteroatoms. The average molecular weight is 264 g/mol. The summed E-state index contributed by atoms with van der Waals surface area (Å²) in [5, 5.41) is 8.22. The van der Waals surface area contributed by atoms with Crippen molar-refractivity contribution in [3.05, 3.63) is 35.4 Å². The van der Waals surface area contributed by atoms with Crippen molar-refractivity contribution < 1.29 is 9.13 Å². The van der Waals surface area contributed by atoms with Crippen LogP contribution in [0.25, 0.3) is 11.4 Å². The Morgan fingerprint density at radius 1 is 1.37 bits per heavy atom. The maximum Gasteiger partial charge on any atom is 0.164 e. The van der Waals surface area contributed by atoms with Crippen molar-refractivity contribution in [2.24, 2.45) is 5.73 Å². The first-order valence-corrected chi connectivity index (χ1v) is 6.05. The smallest absolute Gasteiger partial charge is 0.164 e. The molecular weight excluding hydrogens is 247 g/mol. The number of benzene rings is 1. The fourth-order valence-electron chi connectivity index (χ4n) is 1.98. The molecule has 0 spiro atoms. The Hall–Kier alpha value is -1.79. The molecule has 0 bridgehead atoms. The van der Waals surface area contributed by atoms with E-state index in [0.717, 1.165) is 11.1 Å². The molecule has 102 valence electrons. The summed E-state index contributed by atoms with van der Waals surface area (Å²) in [5.74, 6) is 1.12. The zero-order valence-electron chi connectivity index (χ0n) is 11.1. The van der Waals surface area contributed by atoms with Crippen LogP contribution in [-0.2, 0) is 17.8 Å². The molecular formula is C13H17FN4O. The fraction of sp³-hybridized carbons (Fsp3) is 0.385. The van der Waals surface area contributed by atoms with Gasteiger partial charge in [0.2, 0.25) is 0 Å². The van der Waals surface area contributed by atoms with E-state index in [9.17, 15) is 4.39 Å². The van der Waals surface area contributed by atoms with Gasteiger partial charge in [-0.05, 0) is 30.7 Å². The van der Waals surface area contributed by atoms with Crippen molar-refractivity contribution in [1.29, 1.82) is 0 Å². The molecule has 0 unspecified atom stereocenters. The molecule has 0 atom stereocenters. The number of halogens is 1. The lowest BCUT2D eigenvalue weighted by atomic mass is 10.1. The molecule has 0 aliphatic heterocycles. The molecule has 1 heterocycles. The number of rotatable bonds is 5. The average Bonchev–Trinajstić information content (AvgIpc) is 2.79. The van der Waals surface area contributed by atoms with Gasteiger partial charge in [0.25, 0.3) is 0 Å². The van der Waals surface area contributed by atoms with E-state index in [1.54, 1.807) is 13.2 Å². The predicted molar refractivity (Wildman–Crippen MR) is 69.9 cm³/mol. The van der Waals surface area contributed by atoms with Crippen LogP contribution in [0.1, 0.15) is 11.4 Å². The van der Waals surface area contributed by atoms with Gasteiger partial charge in [-0.2, -0.15) is 0 Å². The lowest BCUT2D eigenvalue weighted by Crippen LogP contribution is -2.13. The van der Waals surface area contributed by atoms with Crippen LogP contribution in [0, 0.1) is 12.7 Å². The molecule has 5 nitrogen and oxygen atoms in total. The third-order valence-corrected chi connectivity index (χ3v) is 2.96. The monoisotopic (exact) mass is 264 g/mol. The zero-order valence-corrected chi connectivity index (χ0v) is 11.1. The Bertz CT molecular complexity index is 568. The summed E-state index contributed by atoms with van der Waals surface area (Å²) < 4.78 is 20.1. The number of methoxy groups -OCH3 is 1. The van der Waals surface area contributed by atoms with Crippen LogP contribution in [0.3, 0.4) is 0 Å². The van der Waals surface area contributed by atoms with E-state index in [1.807, 2.05) is 11.5 Å². The lowest BCUT2D eigenvalue weighted by molar-refractivity contribution is 0.186. The van der Waals surface area contributed by atoms with Crippen molar-refractivity contribution in [2.75, 3.05) is 13.7 Å². The minimum atomic E-state index is -0.261. The van der Waals surface area contributed by atoms with Crippen LogP contribution in [0.5, 0.6) is 0 Å². The Morgan fingerprint density at radius 2 is 2.16 bits per heavy atom. The number of nitrogens with zero attached hydrogens (tertiary/aromatic N) is 3. The summed E-state index contributed by atoms with van der Waals surface area (Å²) in [6, 6.07) is 4.60. The van der Waals surface area contributed by atoms with Gasteiger partial charge in [-0.1, -0.05) is 0 Å². The van der Waals surface area contributed by atoms with E-state index in [4.69, 9.17) is 10.5 Å². The molecule has 2 rings (SSSR count). The van der Waals surface area contributed by atoms with E-state index in [2.05, 4.69) is 10.2 Å². The molecule has 0 aliphatic rings. The zero-order chi connectivity index (χ0) is 13.8. The SMILES string of the molecule is COCCn1c(CN)nnc1-c1ccc(F)cc1C. The van der Waals surface area contributed by atoms with E-state index < -0.39 is 0 Å². The standard InChI is InChI=1S/C13H17FN4O/c1-9-7-10(14)3-4-11(9)13-17-16-12(8-15)18(13)5-6-19-2/h3-4,7H,5-6,8,15H2,1-2H3. The number of nitrogens with two attached hydrogens (primary N) is 1. The minimum absolute atomic E-state index is 0.261. The molecule has 0 amide bonds. The number of aromatic nitrogens is 3. The van der Waals surface area contributed by atoms with Crippen molar-refractivity contribution in [3.63, 3.8) is 0 Å². The van der Waals surface area contributed by atoms with Gasteiger partial charge in [0, 0.05) is 19.2 Å². The van der Waals surface area contributed by atoms with Crippen LogP contribution in [0.4, 0.5) is 4.39 Å². The van der Waals surface area contributed by atoms with E-state index in [-0.39, 0.29) is 5.82 Å². The first-order chi connectivity index (χ1) is 9.17. The maximum atomic E-state index is 13.2. The van der Waals surface area contributed by atoms with Gasteiger partial charge in [-0.25, -0.2) is 4.39 Å². The highest BCUT2D eigenvalue weighted by Crippen LogP contribution is 2.23. The fourth-order valence-corrected chi connectivity index (χ4v) is 1.98. The van der Waals surface area contributed by atoms with Crippen molar-refractivity contribution in [2.45, 2.75) is 20.0 Å². The van der Waals surface area contributed by atoms with Crippen molar-refractivity contribution in [1.82, 2.24) is 14.8 Å². The Kier molecular flexibility index (Phi) is 4.24. The van der Waals surface area contributed by atoms with Crippen LogP contribution in [0.15, 0.2) is 18.2 Å². The van der Waals surface area contributed by atoms with E-state index >= 15 is 0 Å². The summed E-state index contributed by atoms with van der Waals surface area (Å²) in [6.45, 7) is 3.30. The summed E-state index contributed by atoms with van der Waals surface area (Å²) in [7, 11) is 1.63. The molecule has 0 fully saturated rings. The molecule has 0 aliphatic carbocycles. The van der Waals surface area contributed by atoms with Gasteiger partial charge >= 0.3 is 0 Å². The maximum absolute atomic E-state index is 13.2. The predicted octanol–water partition coefficient (Wildman–Crippen LogP) is 1.50. The number of hydrogen-bond donors (Lipinski definition) is 1. The van der Waals surface area contributed by atoms with E-state index in [1.165, 1.54) is 12.1 Å².